The second kappa shape index (κ2) is 6.29. The van der Waals surface area contributed by atoms with E-state index in [1.807, 2.05) is 6.92 Å². The maximum absolute atomic E-state index is 11.1. The van der Waals surface area contributed by atoms with Crippen molar-refractivity contribution < 1.29 is 14.6 Å². The molecule has 4 nitrogen and oxygen atoms in total. The van der Waals surface area contributed by atoms with E-state index in [2.05, 4.69) is 6.07 Å². The van der Waals surface area contributed by atoms with Crippen molar-refractivity contribution in [1.82, 2.24) is 0 Å². The summed E-state index contributed by atoms with van der Waals surface area (Å²) >= 11 is 5.87. The molecule has 2 rings (SSSR count). The molecule has 0 saturated carbocycles. The highest BCUT2D eigenvalue weighted by atomic mass is 35.5. The van der Waals surface area contributed by atoms with Gasteiger partial charge in [0.05, 0.1) is 11.6 Å². The lowest BCUT2D eigenvalue weighted by Gasteiger charge is -2.11. The van der Waals surface area contributed by atoms with Crippen molar-refractivity contribution in [2.45, 2.75) is 13.5 Å². The van der Waals surface area contributed by atoms with Gasteiger partial charge in [0.2, 0.25) is 0 Å². The molecule has 0 unspecified atom stereocenters. The third-order valence-electron chi connectivity index (χ3n) is 3.03. The van der Waals surface area contributed by atoms with Gasteiger partial charge in [0, 0.05) is 5.02 Å². The molecule has 0 aliphatic heterocycles. The molecule has 1 N–H and O–H groups in total. The standard InChI is InChI=1S/C16H12ClNO3/c1-10-6-11(8-18)2-3-12(10)9-21-15-7-13(17)4-5-14(15)16(19)20/h2-7H,9H2,1H3,(H,19,20). The number of aromatic carboxylic acids is 1. The summed E-state index contributed by atoms with van der Waals surface area (Å²) in [5, 5.41) is 18.4. The molecule has 106 valence electrons. The van der Waals surface area contributed by atoms with E-state index in [9.17, 15) is 4.79 Å². The van der Waals surface area contributed by atoms with E-state index in [1.165, 1.54) is 18.2 Å². The summed E-state index contributed by atoms with van der Waals surface area (Å²) in [6.45, 7) is 2.08. The average Bonchev–Trinajstić information content (AvgIpc) is 2.45. The SMILES string of the molecule is Cc1cc(C#N)ccc1COc1cc(Cl)ccc1C(=O)O. The zero-order valence-electron chi connectivity index (χ0n) is 11.3. The minimum Gasteiger partial charge on any atom is -0.488 e. The normalized spacial score (nSPS) is 9.95. The summed E-state index contributed by atoms with van der Waals surface area (Å²) in [6, 6.07) is 11.7. The molecule has 5 heteroatoms. The summed E-state index contributed by atoms with van der Waals surface area (Å²) in [7, 11) is 0. The molecule has 0 amide bonds. The Bertz CT molecular complexity index is 735. The summed E-state index contributed by atoms with van der Waals surface area (Å²) in [5.41, 5.74) is 2.43. The number of ether oxygens (including phenoxy) is 1. The Balaban J connectivity index is 2.22. The minimum atomic E-state index is -1.07. The van der Waals surface area contributed by atoms with Crippen LogP contribution in [0.5, 0.6) is 5.75 Å². The predicted molar refractivity (Wildman–Crippen MR) is 78.6 cm³/mol. The van der Waals surface area contributed by atoms with Gasteiger partial charge in [0.15, 0.2) is 0 Å². The Morgan fingerprint density at radius 1 is 1.33 bits per heavy atom. The van der Waals surface area contributed by atoms with Crippen molar-refractivity contribution in [3.05, 3.63) is 63.7 Å². The van der Waals surface area contributed by atoms with Crippen LogP contribution in [0.15, 0.2) is 36.4 Å². The molecule has 0 aliphatic rings. The number of halogens is 1. The number of carbonyl (C=O) groups is 1. The number of hydrogen-bond donors (Lipinski definition) is 1. The highest BCUT2D eigenvalue weighted by Gasteiger charge is 2.12. The fourth-order valence-corrected chi connectivity index (χ4v) is 2.04. The molecule has 0 saturated heterocycles. The topological polar surface area (TPSA) is 70.3 Å². The number of carboxylic acid groups (broad SMARTS) is 1. The predicted octanol–water partition coefficient (Wildman–Crippen LogP) is 3.80. The van der Waals surface area contributed by atoms with Crippen LogP contribution in [0.25, 0.3) is 0 Å². The third-order valence-corrected chi connectivity index (χ3v) is 3.26. The Morgan fingerprint density at radius 3 is 2.71 bits per heavy atom. The quantitative estimate of drug-likeness (QED) is 0.932. The molecular formula is C16H12ClNO3. The van der Waals surface area contributed by atoms with Crippen molar-refractivity contribution >= 4 is 17.6 Å². The van der Waals surface area contributed by atoms with E-state index in [1.54, 1.807) is 18.2 Å². The maximum Gasteiger partial charge on any atom is 0.339 e. The largest absolute Gasteiger partial charge is 0.488 e. The Kier molecular flexibility index (Phi) is 4.46. The molecule has 0 aliphatic carbocycles. The second-order valence-corrected chi connectivity index (χ2v) is 4.92. The summed E-state index contributed by atoms with van der Waals surface area (Å²) in [4.78, 5) is 11.1. The molecule has 0 bridgehead atoms. The van der Waals surface area contributed by atoms with E-state index in [4.69, 9.17) is 26.7 Å². The number of rotatable bonds is 4. The van der Waals surface area contributed by atoms with Crippen molar-refractivity contribution in [2.75, 3.05) is 0 Å². The van der Waals surface area contributed by atoms with Gasteiger partial charge in [-0.3, -0.25) is 0 Å². The lowest BCUT2D eigenvalue weighted by atomic mass is 10.1. The fraction of sp³-hybridized carbons (Fsp3) is 0.125. The van der Waals surface area contributed by atoms with E-state index in [0.717, 1.165) is 11.1 Å². The molecule has 0 spiro atoms. The van der Waals surface area contributed by atoms with Crippen LogP contribution < -0.4 is 4.74 Å². The Hall–Kier alpha value is -2.51. The minimum absolute atomic E-state index is 0.0608. The number of hydrogen-bond acceptors (Lipinski definition) is 3. The number of aryl methyl sites for hydroxylation is 1. The first-order valence-electron chi connectivity index (χ1n) is 6.16. The first-order chi connectivity index (χ1) is 10.0. The molecule has 0 atom stereocenters. The number of carboxylic acids is 1. The maximum atomic E-state index is 11.1. The fourth-order valence-electron chi connectivity index (χ4n) is 1.88. The average molecular weight is 302 g/mol. The molecule has 2 aromatic rings. The Morgan fingerprint density at radius 2 is 2.10 bits per heavy atom. The highest BCUT2D eigenvalue weighted by molar-refractivity contribution is 6.30. The van der Waals surface area contributed by atoms with Gasteiger partial charge in [-0.15, -0.1) is 0 Å². The first-order valence-corrected chi connectivity index (χ1v) is 6.54. The monoisotopic (exact) mass is 301 g/mol. The van der Waals surface area contributed by atoms with Crippen LogP contribution in [0.1, 0.15) is 27.0 Å². The molecule has 2 aromatic carbocycles. The van der Waals surface area contributed by atoms with Crippen LogP contribution in [-0.4, -0.2) is 11.1 Å². The molecule has 0 fully saturated rings. The molecular weight excluding hydrogens is 290 g/mol. The van der Waals surface area contributed by atoms with Crippen LogP contribution in [0.3, 0.4) is 0 Å². The van der Waals surface area contributed by atoms with Gasteiger partial charge in [0.25, 0.3) is 0 Å². The molecule has 0 heterocycles. The van der Waals surface area contributed by atoms with E-state index >= 15 is 0 Å². The molecule has 0 aromatic heterocycles. The van der Waals surface area contributed by atoms with Crippen molar-refractivity contribution in [2.24, 2.45) is 0 Å². The highest BCUT2D eigenvalue weighted by Crippen LogP contribution is 2.25. The molecule has 21 heavy (non-hydrogen) atoms. The van der Waals surface area contributed by atoms with Crippen LogP contribution >= 0.6 is 11.6 Å². The van der Waals surface area contributed by atoms with Gasteiger partial charge in [-0.25, -0.2) is 4.79 Å². The summed E-state index contributed by atoms with van der Waals surface area (Å²) < 4.78 is 5.57. The number of nitrogens with zero attached hydrogens (tertiary/aromatic N) is 1. The van der Waals surface area contributed by atoms with E-state index in [-0.39, 0.29) is 17.9 Å². The number of benzene rings is 2. The second-order valence-electron chi connectivity index (χ2n) is 4.49. The van der Waals surface area contributed by atoms with Crippen LogP contribution in [0.4, 0.5) is 0 Å². The van der Waals surface area contributed by atoms with E-state index in [0.29, 0.717) is 10.6 Å². The number of nitriles is 1. The third kappa shape index (κ3) is 3.53. The van der Waals surface area contributed by atoms with Gasteiger partial charge < -0.3 is 9.84 Å². The molecule has 0 radical (unpaired) electrons. The van der Waals surface area contributed by atoms with Gasteiger partial charge in [0.1, 0.15) is 17.9 Å². The van der Waals surface area contributed by atoms with Crippen LogP contribution in [0.2, 0.25) is 5.02 Å². The van der Waals surface area contributed by atoms with Gasteiger partial charge in [-0.05, 0) is 48.4 Å². The summed E-state index contributed by atoms with van der Waals surface area (Å²) in [5.74, 6) is -0.850. The Labute approximate surface area is 127 Å². The van der Waals surface area contributed by atoms with Crippen LogP contribution in [0, 0.1) is 18.3 Å². The van der Waals surface area contributed by atoms with Gasteiger partial charge in [-0.2, -0.15) is 5.26 Å². The zero-order chi connectivity index (χ0) is 15.4. The van der Waals surface area contributed by atoms with Crippen molar-refractivity contribution in [3.63, 3.8) is 0 Å². The van der Waals surface area contributed by atoms with Gasteiger partial charge in [-0.1, -0.05) is 17.7 Å². The summed E-state index contributed by atoms with van der Waals surface area (Å²) in [6.07, 6.45) is 0. The van der Waals surface area contributed by atoms with E-state index < -0.39 is 5.97 Å². The lowest BCUT2D eigenvalue weighted by molar-refractivity contribution is 0.0692. The van der Waals surface area contributed by atoms with Crippen molar-refractivity contribution in [1.29, 1.82) is 5.26 Å². The van der Waals surface area contributed by atoms with Gasteiger partial charge >= 0.3 is 5.97 Å². The smallest absolute Gasteiger partial charge is 0.339 e. The zero-order valence-corrected chi connectivity index (χ0v) is 12.0. The first kappa shape index (κ1) is 14.9. The van der Waals surface area contributed by atoms with Crippen LogP contribution in [-0.2, 0) is 6.61 Å². The van der Waals surface area contributed by atoms with Crippen molar-refractivity contribution in [3.8, 4) is 11.8 Å². The lowest BCUT2D eigenvalue weighted by Crippen LogP contribution is -2.04.